The zero-order valence-electron chi connectivity index (χ0n) is 27.3. The van der Waals surface area contributed by atoms with E-state index in [1.807, 2.05) is 44.2 Å². The Morgan fingerprint density at radius 3 is 2.55 bits per heavy atom. The number of carbonyl (C=O) groups excluding carboxylic acids is 4. The van der Waals surface area contributed by atoms with Crippen molar-refractivity contribution in [2.45, 2.75) is 52.2 Å². The first-order chi connectivity index (χ1) is 23.4. The average molecular weight is 703 g/mol. The SMILES string of the molecule is Cc1oc2nc1C(=O)N[C@H](C)c1nc(cs1)C(=O)N[C@H](Cc1ccccc1)CN(C(=O)c1cn3cc(Cl)ccc3n1)CC(=O)N[C@H]2C(C)C. The molecule has 13 nitrogen and oxygen atoms in total. The molecule has 0 fully saturated rings. The zero-order valence-corrected chi connectivity index (χ0v) is 28.8. The van der Waals surface area contributed by atoms with E-state index in [4.69, 9.17) is 16.0 Å². The van der Waals surface area contributed by atoms with Gasteiger partial charge in [-0.05, 0) is 43.9 Å². The third-order valence-electron chi connectivity index (χ3n) is 8.11. The molecule has 15 heteroatoms. The summed E-state index contributed by atoms with van der Waals surface area (Å²) in [5.41, 5.74) is 1.75. The van der Waals surface area contributed by atoms with Crippen molar-refractivity contribution in [2.24, 2.45) is 5.92 Å². The number of oxazole rings is 1. The first kappa shape index (κ1) is 33.8. The Morgan fingerprint density at radius 2 is 1.80 bits per heavy atom. The summed E-state index contributed by atoms with van der Waals surface area (Å²) in [5.74, 6) is -1.69. The van der Waals surface area contributed by atoms with E-state index in [0.717, 1.165) is 5.56 Å². The van der Waals surface area contributed by atoms with Gasteiger partial charge in [0.25, 0.3) is 17.7 Å². The minimum Gasteiger partial charge on any atom is -0.443 e. The fourth-order valence-corrected chi connectivity index (χ4v) is 6.59. The van der Waals surface area contributed by atoms with Crippen LogP contribution in [0.1, 0.15) is 86.5 Å². The molecule has 1 aliphatic heterocycles. The minimum atomic E-state index is -0.709. The van der Waals surface area contributed by atoms with Crippen LogP contribution in [0.5, 0.6) is 0 Å². The van der Waals surface area contributed by atoms with E-state index < -0.39 is 41.8 Å². The summed E-state index contributed by atoms with van der Waals surface area (Å²) >= 11 is 7.41. The average Bonchev–Trinajstić information content (AvgIpc) is 3.81. The van der Waals surface area contributed by atoms with Crippen LogP contribution in [0.3, 0.4) is 0 Å². The Kier molecular flexibility index (Phi) is 9.79. The monoisotopic (exact) mass is 702 g/mol. The number of aromatic nitrogens is 4. The Balaban J connectivity index is 1.40. The Labute approximate surface area is 291 Å². The van der Waals surface area contributed by atoms with E-state index in [1.165, 1.54) is 16.2 Å². The molecule has 0 spiro atoms. The number of benzene rings is 1. The molecular weight excluding hydrogens is 668 g/mol. The molecule has 0 radical (unpaired) electrons. The van der Waals surface area contributed by atoms with Gasteiger partial charge in [-0.1, -0.05) is 55.8 Å². The molecule has 3 atom stereocenters. The number of hydrogen-bond donors (Lipinski definition) is 3. The number of halogens is 1. The number of nitrogens with zero attached hydrogens (tertiary/aromatic N) is 5. The van der Waals surface area contributed by atoms with Crippen molar-refractivity contribution >= 4 is 52.2 Å². The number of rotatable bonds is 4. The van der Waals surface area contributed by atoms with Crippen molar-refractivity contribution < 1.29 is 23.6 Å². The maximum Gasteiger partial charge on any atom is 0.274 e. The Morgan fingerprint density at radius 1 is 1.02 bits per heavy atom. The van der Waals surface area contributed by atoms with Crippen LogP contribution >= 0.6 is 22.9 Å². The molecule has 254 valence electrons. The number of pyridine rings is 1. The van der Waals surface area contributed by atoms with Gasteiger partial charge in [0.15, 0.2) is 5.69 Å². The normalized spacial score (nSPS) is 19.3. The molecule has 1 aliphatic rings. The molecular formula is C34H35ClN8O5S. The number of aryl methyl sites for hydroxylation is 1. The quantitative estimate of drug-likeness (QED) is 0.246. The highest BCUT2D eigenvalue weighted by Gasteiger charge is 2.31. The summed E-state index contributed by atoms with van der Waals surface area (Å²) in [5, 5.41) is 11.5. The molecule has 4 bridgehead atoms. The van der Waals surface area contributed by atoms with Crippen molar-refractivity contribution in [1.29, 1.82) is 0 Å². The lowest BCUT2D eigenvalue weighted by atomic mass is 10.0. The molecule has 5 aromatic rings. The van der Waals surface area contributed by atoms with E-state index in [1.54, 1.807) is 48.2 Å². The van der Waals surface area contributed by atoms with Gasteiger partial charge in [-0.15, -0.1) is 11.3 Å². The van der Waals surface area contributed by atoms with E-state index >= 15 is 0 Å². The van der Waals surface area contributed by atoms with Gasteiger partial charge >= 0.3 is 0 Å². The Bertz CT molecular complexity index is 2020. The summed E-state index contributed by atoms with van der Waals surface area (Å²) in [7, 11) is 0. The lowest BCUT2D eigenvalue weighted by Gasteiger charge is -2.28. The first-order valence-corrected chi connectivity index (χ1v) is 17.0. The van der Waals surface area contributed by atoms with E-state index in [-0.39, 0.29) is 47.7 Å². The van der Waals surface area contributed by atoms with Crippen LogP contribution in [-0.2, 0) is 11.2 Å². The molecule has 0 saturated heterocycles. The number of carbonyl (C=O) groups is 4. The van der Waals surface area contributed by atoms with Crippen LogP contribution < -0.4 is 16.0 Å². The van der Waals surface area contributed by atoms with Crippen LogP contribution in [0.25, 0.3) is 5.65 Å². The van der Waals surface area contributed by atoms with E-state index in [2.05, 4.69) is 30.9 Å². The second-order valence-electron chi connectivity index (χ2n) is 12.3. The fraction of sp³-hybridized carbons (Fsp3) is 0.324. The van der Waals surface area contributed by atoms with Crippen LogP contribution in [0.2, 0.25) is 5.02 Å². The molecule has 1 aromatic carbocycles. The number of fused-ring (bicyclic) bond motifs is 5. The smallest absolute Gasteiger partial charge is 0.274 e. The van der Waals surface area contributed by atoms with Crippen molar-refractivity contribution in [3.63, 3.8) is 0 Å². The topological polar surface area (TPSA) is 164 Å². The van der Waals surface area contributed by atoms with Crippen LogP contribution in [0, 0.1) is 12.8 Å². The number of hydrogen-bond acceptors (Lipinski definition) is 9. The number of imidazole rings is 1. The fourth-order valence-electron chi connectivity index (χ4n) is 5.62. The van der Waals surface area contributed by atoms with Gasteiger partial charge in [0.05, 0.1) is 23.7 Å². The molecule has 0 saturated carbocycles. The molecule has 3 N–H and O–H groups in total. The molecule has 4 aromatic heterocycles. The molecule has 0 aliphatic carbocycles. The van der Waals surface area contributed by atoms with Crippen LogP contribution in [0.15, 0.2) is 64.7 Å². The Hall–Kier alpha value is -5.08. The van der Waals surface area contributed by atoms with Gasteiger partial charge in [0.2, 0.25) is 11.8 Å². The van der Waals surface area contributed by atoms with Crippen molar-refractivity contribution in [3.8, 4) is 0 Å². The molecule has 0 unspecified atom stereocenters. The van der Waals surface area contributed by atoms with Gasteiger partial charge in [-0.2, -0.15) is 0 Å². The van der Waals surface area contributed by atoms with Gasteiger partial charge in [-0.25, -0.2) is 15.0 Å². The maximum atomic E-state index is 14.2. The first-order valence-electron chi connectivity index (χ1n) is 15.8. The number of nitrogens with one attached hydrogen (secondary N) is 3. The maximum absolute atomic E-state index is 14.2. The van der Waals surface area contributed by atoms with Crippen LogP contribution in [-0.4, -0.2) is 67.0 Å². The summed E-state index contributed by atoms with van der Waals surface area (Å²) in [6, 6.07) is 11.0. The molecule has 49 heavy (non-hydrogen) atoms. The summed E-state index contributed by atoms with van der Waals surface area (Å²) in [6.07, 6.45) is 3.54. The largest absolute Gasteiger partial charge is 0.443 e. The van der Waals surface area contributed by atoms with Gasteiger partial charge < -0.3 is 29.7 Å². The molecule has 5 heterocycles. The van der Waals surface area contributed by atoms with E-state index in [9.17, 15) is 19.2 Å². The predicted molar refractivity (Wildman–Crippen MR) is 182 cm³/mol. The van der Waals surface area contributed by atoms with Crippen LogP contribution in [0.4, 0.5) is 0 Å². The third-order valence-corrected chi connectivity index (χ3v) is 9.36. The van der Waals surface area contributed by atoms with Crippen molar-refractivity contribution in [3.05, 3.63) is 105 Å². The molecule has 4 amide bonds. The predicted octanol–water partition coefficient (Wildman–Crippen LogP) is 4.54. The van der Waals surface area contributed by atoms with Gasteiger partial charge in [0.1, 0.15) is 33.8 Å². The summed E-state index contributed by atoms with van der Waals surface area (Å²) < 4.78 is 7.55. The van der Waals surface area contributed by atoms with Gasteiger partial charge in [0, 0.05) is 24.3 Å². The number of amides is 4. The lowest BCUT2D eigenvalue weighted by molar-refractivity contribution is -0.123. The highest BCUT2D eigenvalue weighted by molar-refractivity contribution is 7.09. The van der Waals surface area contributed by atoms with Crippen molar-refractivity contribution in [2.75, 3.05) is 13.1 Å². The second-order valence-corrected chi connectivity index (χ2v) is 13.6. The standard InChI is InChI=1S/C34H35ClN8O5S/c1-18(2)28-32-41-29(20(4)48-32)31(46)36-19(3)33-39-25(17-49-33)30(45)37-23(12-21-8-6-5-7-9-21)14-43(16-27(44)40-28)34(47)24-15-42-13-22(35)10-11-26(42)38-24/h5-11,13,15,17-19,23,28H,12,14,16H2,1-4H3,(H,36,46)(H,37,45)(H,40,44)/t19-,23-,28+/m1/s1. The highest BCUT2D eigenvalue weighted by atomic mass is 35.5. The van der Waals surface area contributed by atoms with Gasteiger partial charge in [-0.3, -0.25) is 19.2 Å². The zero-order chi connectivity index (χ0) is 34.8. The lowest BCUT2D eigenvalue weighted by Crippen LogP contribution is -2.50. The molecule has 6 rings (SSSR count). The highest BCUT2D eigenvalue weighted by Crippen LogP contribution is 2.25. The minimum absolute atomic E-state index is 0.0282. The van der Waals surface area contributed by atoms with E-state index in [0.29, 0.717) is 22.1 Å². The summed E-state index contributed by atoms with van der Waals surface area (Å²) in [4.78, 5) is 69.7. The third kappa shape index (κ3) is 7.65. The van der Waals surface area contributed by atoms with Crippen molar-refractivity contribution in [1.82, 2.24) is 40.2 Å². The second kappa shape index (κ2) is 14.2. The summed E-state index contributed by atoms with van der Waals surface area (Å²) in [6.45, 7) is 6.75. The number of thiazole rings is 1.